The van der Waals surface area contributed by atoms with Gasteiger partial charge in [0.15, 0.2) is 0 Å². The van der Waals surface area contributed by atoms with Gasteiger partial charge in [0.25, 0.3) is 10.1 Å². The molecule has 192 valence electrons. The molecule has 0 amide bonds. The van der Waals surface area contributed by atoms with Crippen LogP contribution in [0.2, 0.25) is 0 Å². The monoisotopic (exact) mass is 488 g/mol. The smallest absolute Gasteiger partial charge is 0.282 e. The van der Waals surface area contributed by atoms with Gasteiger partial charge in [0.2, 0.25) is 0 Å². The van der Waals surface area contributed by atoms with E-state index < -0.39 is 10.1 Å². The van der Waals surface area contributed by atoms with Crippen molar-refractivity contribution in [3.63, 3.8) is 0 Å². The van der Waals surface area contributed by atoms with Crippen molar-refractivity contribution in [1.82, 2.24) is 0 Å². The molecule has 0 radical (unpaired) electrons. The second kappa shape index (κ2) is 11.2. The van der Waals surface area contributed by atoms with E-state index in [0.717, 1.165) is 31.3 Å². The summed E-state index contributed by atoms with van der Waals surface area (Å²) >= 11 is 0. The summed E-state index contributed by atoms with van der Waals surface area (Å²) in [7, 11) is -4.23. The van der Waals surface area contributed by atoms with Crippen molar-refractivity contribution in [2.45, 2.75) is 128 Å². The minimum atomic E-state index is -4.23. The van der Waals surface area contributed by atoms with Gasteiger partial charge in [-0.1, -0.05) is 83.1 Å². The fourth-order valence-corrected chi connectivity index (χ4v) is 10.0. The van der Waals surface area contributed by atoms with E-state index in [2.05, 4.69) is 6.08 Å². The topological polar surface area (TPSA) is 54.4 Å². The predicted molar refractivity (Wildman–Crippen MR) is 140 cm³/mol. The molecule has 0 heterocycles. The largest absolute Gasteiger partial charge is 0.291 e. The van der Waals surface area contributed by atoms with Crippen molar-refractivity contribution in [1.29, 1.82) is 0 Å². The molecule has 2 unspecified atom stereocenters. The van der Waals surface area contributed by atoms with Crippen LogP contribution in [0.3, 0.4) is 0 Å². The van der Waals surface area contributed by atoms with Crippen LogP contribution in [0.4, 0.5) is 0 Å². The van der Waals surface area contributed by atoms with Gasteiger partial charge in [0.05, 0.1) is 4.91 Å². The number of hydrogen-bond donors (Lipinski definition) is 1. The molecule has 3 nitrogen and oxygen atoms in total. The minimum absolute atomic E-state index is 0.0164. The Labute approximate surface area is 209 Å². The molecular formula is C30H48O3S. The maximum atomic E-state index is 13.4. The number of hydrogen-bond acceptors (Lipinski definition) is 2. The van der Waals surface area contributed by atoms with Gasteiger partial charge in [0.1, 0.15) is 0 Å². The maximum Gasteiger partial charge on any atom is 0.291 e. The second-order valence-corrected chi connectivity index (χ2v) is 13.8. The molecule has 0 aromatic rings. The lowest BCUT2D eigenvalue weighted by Crippen LogP contribution is -2.39. The van der Waals surface area contributed by atoms with Crippen LogP contribution in [0.1, 0.15) is 128 Å². The molecule has 0 aromatic carbocycles. The molecule has 0 bridgehead atoms. The quantitative estimate of drug-likeness (QED) is 0.394. The van der Waals surface area contributed by atoms with E-state index in [-0.39, 0.29) is 5.92 Å². The Hall–Kier alpha value is -0.610. The minimum Gasteiger partial charge on any atom is -0.282 e. The Morgan fingerprint density at radius 1 is 0.588 bits per heavy atom. The van der Waals surface area contributed by atoms with Gasteiger partial charge in [-0.15, -0.1) is 0 Å². The van der Waals surface area contributed by atoms with Crippen LogP contribution in [-0.4, -0.2) is 13.0 Å². The molecule has 0 saturated heterocycles. The summed E-state index contributed by atoms with van der Waals surface area (Å²) in [5, 5.41) is 0. The van der Waals surface area contributed by atoms with E-state index in [4.69, 9.17) is 0 Å². The third-order valence-electron chi connectivity index (χ3n) is 10.4. The highest BCUT2D eigenvalue weighted by molar-refractivity contribution is 7.89. The average Bonchev–Trinajstić information content (AvgIpc) is 2.89. The summed E-state index contributed by atoms with van der Waals surface area (Å²) in [4.78, 5) is 0.532. The third kappa shape index (κ3) is 5.38. The Bertz CT molecular complexity index is 845. The Kier molecular flexibility index (Phi) is 8.25. The highest BCUT2D eigenvalue weighted by Crippen LogP contribution is 2.55. The van der Waals surface area contributed by atoms with Crippen molar-refractivity contribution in [3.05, 3.63) is 22.1 Å². The van der Waals surface area contributed by atoms with Crippen molar-refractivity contribution in [3.8, 4) is 0 Å². The first-order valence-corrected chi connectivity index (χ1v) is 16.4. The van der Waals surface area contributed by atoms with E-state index in [9.17, 15) is 13.0 Å². The molecule has 5 rings (SSSR count). The van der Waals surface area contributed by atoms with Crippen molar-refractivity contribution in [2.24, 2.45) is 35.5 Å². The molecule has 4 fully saturated rings. The van der Waals surface area contributed by atoms with Crippen LogP contribution in [-0.2, 0) is 10.1 Å². The molecule has 1 N–H and O–H groups in total. The fourth-order valence-electron chi connectivity index (χ4n) is 8.78. The summed E-state index contributed by atoms with van der Waals surface area (Å²) in [6.07, 6.45) is 27.1. The molecule has 0 aliphatic heterocycles. The standard InChI is InChI=1S/C30H48O3S/c31-34(32,33)30-28(24-17-9-3-10-18-24)26(22-13-5-1-6-14-22)21-27(23-15-7-2-8-16-23)29(30)25-19-11-4-12-20-25/h21-26,28H,1-20H2,(H,31,32,33). The molecular weight excluding hydrogens is 440 g/mol. The van der Waals surface area contributed by atoms with E-state index in [0.29, 0.717) is 34.5 Å². The average molecular weight is 489 g/mol. The summed E-state index contributed by atoms with van der Waals surface area (Å²) in [6.45, 7) is 0. The van der Waals surface area contributed by atoms with Crippen LogP contribution in [0.15, 0.2) is 22.1 Å². The highest BCUT2D eigenvalue weighted by atomic mass is 32.2. The summed E-state index contributed by atoms with van der Waals surface area (Å²) in [5.74, 6) is 2.16. The van der Waals surface area contributed by atoms with Crippen LogP contribution in [0.25, 0.3) is 0 Å². The summed E-state index contributed by atoms with van der Waals surface area (Å²) < 4.78 is 37.8. The van der Waals surface area contributed by atoms with Crippen LogP contribution in [0.5, 0.6) is 0 Å². The lowest BCUT2D eigenvalue weighted by atomic mass is 9.60. The molecule has 5 aliphatic carbocycles. The normalized spacial score (nSPS) is 32.1. The zero-order valence-corrected chi connectivity index (χ0v) is 22.2. The predicted octanol–water partition coefficient (Wildman–Crippen LogP) is 8.62. The maximum absolute atomic E-state index is 13.4. The van der Waals surface area contributed by atoms with Gasteiger partial charge in [-0.3, -0.25) is 4.55 Å². The zero-order chi connectivity index (χ0) is 23.5. The fraction of sp³-hybridized carbons (Fsp3) is 0.867. The first-order valence-electron chi connectivity index (χ1n) is 15.0. The first kappa shape index (κ1) is 25.1. The van der Waals surface area contributed by atoms with Gasteiger partial charge in [0, 0.05) is 5.92 Å². The molecule has 0 aromatic heterocycles. The Morgan fingerprint density at radius 2 is 1.03 bits per heavy atom. The number of rotatable bonds is 5. The van der Waals surface area contributed by atoms with Gasteiger partial charge in [-0.2, -0.15) is 8.42 Å². The molecule has 4 saturated carbocycles. The van der Waals surface area contributed by atoms with Gasteiger partial charge < -0.3 is 0 Å². The lowest BCUT2D eigenvalue weighted by Gasteiger charge is -2.46. The number of allylic oxidation sites excluding steroid dienone is 4. The SMILES string of the molecule is O=S(=O)(O)C1=C(C2CCCCC2)C(C2CCCCC2)=CC(C2CCCCC2)C1C1CCCCC1. The Balaban J connectivity index is 1.66. The molecule has 4 heteroatoms. The van der Waals surface area contributed by atoms with Crippen molar-refractivity contribution < 1.29 is 13.0 Å². The van der Waals surface area contributed by atoms with E-state index in [1.165, 1.54) is 108 Å². The molecule has 5 aliphatic rings. The van der Waals surface area contributed by atoms with E-state index >= 15 is 0 Å². The lowest BCUT2D eigenvalue weighted by molar-refractivity contribution is 0.160. The Morgan fingerprint density at radius 3 is 1.53 bits per heavy atom. The van der Waals surface area contributed by atoms with Crippen LogP contribution >= 0.6 is 0 Å². The summed E-state index contributed by atoms with van der Waals surface area (Å²) in [5.41, 5.74) is 2.53. The zero-order valence-electron chi connectivity index (χ0n) is 21.4. The highest BCUT2D eigenvalue weighted by Gasteiger charge is 2.47. The third-order valence-corrected chi connectivity index (χ3v) is 11.4. The van der Waals surface area contributed by atoms with Gasteiger partial charge in [-0.05, 0) is 92.1 Å². The van der Waals surface area contributed by atoms with E-state index in [1.54, 1.807) is 0 Å². The molecule has 0 spiro atoms. The molecule has 34 heavy (non-hydrogen) atoms. The second-order valence-electron chi connectivity index (χ2n) is 12.4. The van der Waals surface area contributed by atoms with Gasteiger partial charge >= 0.3 is 0 Å². The van der Waals surface area contributed by atoms with Crippen LogP contribution < -0.4 is 0 Å². The van der Waals surface area contributed by atoms with Crippen molar-refractivity contribution >= 4 is 10.1 Å². The molecule has 2 atom stereocenters. The summed E-state index contributed by atoms with van der Waals surface area (Å²) in [6, 6.07) is 0. The van der Waals surface area contributed by atoms with Gasteiger partial charge in [-0.25, -0.2) is 0 Å². The van der Waals surface area contributed by atoms with E-state index in [1.807, 2.05) is 0 Å². The van der Waals surface area contributed by atoms with Crippen LogP contribution in [0, 0.1) is 35.5 Å². The first-order chi connectivity index (χ1) is 16.5. The van der Waals surface area contributed by atoms with Crippen molar-refractivity contribution in [2.75, 3.05) is 0 Å².